The van der Waals surface area contributed by atoms with Gasteiger partial charge in [0, 0.05) is 0 Å². The Kier molecular flexibility index (Phi) is 28.6. The van der Waals surface area contributed by atoms with E-state index in [0.717, 1.165) is 0 Å². The van der Waals surface area contributed by atoms with Crippen molar-refractivity contribution in [2.45, 2.75) is 52.4 Å². The molecule has 0 saturated heterocycles. The lowest BCUT2D eigenvalue weighted by atomic mass is 10.1. The molecule has 0 aliphatic rings. The average Bonchev–Trinajstić information content (AvgIpc) is 1.81. The van der Waals surface area contributed by atoms with E-state index >= 15 is 0 Å². The van der Waals surface area contributed by atoms with E-state index in [1.807, 2.05) is 0 Å². The van der Waals surface area contributed by atoms with E-state index < -0.39 is 0 Å². The van der Waals surface area contributed by atoms with Gasteiger partial charge in [-0.05, 0) is 0 Å². The van der Waals surface area contributed by atoms with Gasteiger partial charge in [-0.3, -0.25) is 0 Å². The van der Waals surface area contributed by atoms with Gasteiger partial charge in [-0.15, -0.1) is 0 Å². The predicted molar refractivity (Wildman–Crippen MR) is 58.9 cm³/mol. The molecule has 10 heavy (non-hydrogen) atoms. The van der Waals surface area contributed by atoms with Gasteiger partial charge in [-0.25, -0.2) is 0 Å². The van der Waals surface area contributed by atoms with Crippen LogP contribution in [0.3, 0.4) is 0 Å². The summed E-state index contributed by atoms with van der Waals surface area (Å²) in [6.45, 7) is 4.51. The summed E-state index contributed by atoms with van der Waals surface area (Å²) in [6, 6.07) is 0. The molecule has 0 aromatic heterocycles. The summed E-state index contributed by atoms with van der Waals surface area (Å²) in [5.74, 6) is 0. The van der Waals surface area contributed by atoms with Crippen molar-refractivity contribution in [3.63, 3.8) is 0 Å². The second-order valence-corrected chi connectivity index (χ2v) is 2.41. The van der Waals surface area contributed by atoms with Crippen LogP contribution in [0.1, 0.15) is 52.4 Å². The molecule has 0 aromatic carbocycles. The highest BCUT2D eigenvalue weighted by Crippen LogP contribution is 2.03. The molecule has 0 aromatic rings. The molecule has 0 nitrogen and oxygen atoms in total. The first kappa shape index (κ1) is 17.2. The Labute approximate surface area is 87.0 Å². The van der Waals surface area contributed by atoms with Crippen molar-refractivity contribution in [2.24, 2.45) is 0 Å². The molecule has 0 atom stereocenters. The zero-order chi connectivity index (χ0) is 6.24. The lowest BCUT2D eigenvalue weighted by molar-refractivity contribution is 0.624. The van der Waals surface area contributed by atoms with Crippen molar-refractivity contribution in [2.75, 3.05) is 0 Å². The summed E-state index contributed by atoms with van der Waals surface area (Å²) < 4.78 is 0. The van der Waals surface area contributed by atoms with Crippen molar-refractivity contribution in [3.05, 3.63) is 0 Å². The number of hydrogen-bond acceptors (Lipinski definition) is 0. The van der Waals surface area contributed by atoms with Crippen LogP contribution < -0.4 is 0 Å². The van der Waals surface area contributed by atoms with E-state index in [1.165, 1.54) is 38.5 Å². The summed E-state index contributed by atoms with van der Waals surface area (Å²) in [4.78, 5) is 0. The maximum absolute atomic E-state index is 2.26. The van der Waals surface area contributed by atoms with Gasteiger partial charge < -0.3 is 0 Å². The lowest BCUT2D eigenvalue weighted by Crippen LogP contribution is -1.73. The van der Waals surface area contributed by atoms with Gasteiger partial charge in [0.1, 0.15) is 0 Å². The van der Waals surface area contributed by atoms with Gasteiger partial charge in [0.2, 0.25) is 0 Å². The Hall–Kier alpha value is 1.06. The Morgan fingerprint density at radius 3 is 1.10 bits per heavy atom. The van der Waals surface area contributed by atoms with Gasteiger partial charge in [-0.2, -0.15) is 0 Å². The van der Waals surface area contributed by atoms with E-state index in [0.29, 0.717) is 0 Å². The maximum atomic E-state index is 2.26. The van der Waals surface area contributed by atoms with Crippen LogP contribution in [0.4, 0.5) is 0 Å². The molecule has 62 valence electrons. The van der Waals surface area contributed by atoms with Crippen LogP contribution in [-0.2, 0) is 0 Å². The zero-order valence-corrected chi connectivity index (χ0v) is 6.24. The minimum Gasteiger partial charge on any atom is -0.0654 e. The molecule has 0 heterocycles. The van der Waals surface area contributed by atoms with Crippen LogP contribution in [0.15, 0.2) is 0 Å². The first-order valence-corrected chi connectivity index (χ1v) is 3.91. The Morgan fingerprint density at radius 2 is 0.900 bits per heavy atom. The molecule has 0 fully saturated rings. The number of rotatable bonds is 5. The SMILES string of the molecule is CCCCCCCC.[AlH3].[AlH3]. The lowest BCUT2D eigenvalue weighted by Gasteiger charge is -1.93. The van der Waals surface area contributed by atoms with Crippen LogP contribution in [0.5, 0.6) is 0 Å². The highest BCUT2D eigenvalue weighted by atomic mass is 27.0. The fraction of sp³-hybridized carbons (Fsp3) is 1.00. The molecule has 0 rings (SSSR count). The van der Waals surface area contributed by atoms with E-state index in [4.69, 9.17) is 0 Å². The zero-order valence-electron chi connectivity index (χ0n) is 6.24. The standard InChI is InChI=1S/C8H18.2Al.6H/c1-3-5-7-8-6-4-2;;;;;;;;/h3-8H2,1-2H3;;;;;;;;. The summed E-state index contributed by atoms with van der Waals surface area (Å²) in [6.07, 6.45) is 8.49. The fourth-order valence-electron chi connectivity index (χ4n) is 0.854. The highest BCUT2D eigenvalue weighted by Gasteiger charge is 1.83. The van der Waals surface area contributed by atoms with Crippen molar-refractivity contribution in [1.29, 1.82) is 0 Å². The number of unbranched alkanes of at least 4 members (excludes halogenated alkanes) is 5. The molecular formula is C8H24Al2. The molecular weight excluding hydrogens is 150 g/mol. The van der Waals surface area contributed by atoms with E-state index in [2.05, 4.69) is 13.8 Å². The molecule has 0 amide bonds. The van der Waals surface area contributed by atoms with Crippen molar-refractivity contribution >= 4 is 34.7 Å². The van der Waals surface area contributed by atoms with Crippen LogP contribution in [-0.4, -0.2) is 34.7 Å². The molecule has 0 spiro atoms. The molecule has 2 heteroatoms. The smallest absolute Gasteiger partial charge is 0.0654 e. The van der Waals surface area contributed by atoms with Crippen LogP contribution in [0, 0.1) is 0 Å². The van der Waals surface area contributed by atoms with Gasteiger partial charge in [0.25, 0.3) is 0 Å². The van der Waals surface area contributed by atoms with E-state index in [1.54, 1.807) is 0 Å². The van der Waals surface area contributed by atoms with E-state index in [9.17, 15) is 0 Å². The molecule has 0 radical (unpaired) electrons. The van der Waals surface area contributed by atoms with Gasteiger partial charge >= 0.3 is 0 Å². The maximum Gasteiger partial charge on any atom is 0.187 e. The Balaban J connectivity index is -0.000000245. The van der Waals surface area contributed by atoms with E-state index in [-0.39, 0.29) is 34.7 Å². The van der Waals surface area contributed by atoms with Crippen LogP contribution >= 0.6 is 0 Å². The van der Waals surface area contributed by atoms with Crippen molar-refractivity contribution in [3.8, 4) is 0 Å². The third-order valence-electron chi connectivity index (χ3n) is 1.46. The van der Waals surface area contributed by atoms with Crippen LogP contribution in [0.2, 0.25) is 0 Å². The number of hydrogen-bond donors (Lipinski definition) is 0. The Bertz CT molecular complexity index is 32.2. The quantitative estimate of drug-likeness (QED) is 0.431. The van der Waals surface area contributed by atoms with Gasteiger partial charge in [0.15, 0.2) is 34.7 Å². The molecule has 0 unspecified atom stereocenters. The first-order chi connectivity index (χ1) is 3.91. The molecule has 0 N–H and O–H groups in total. The van der Waals surface area contributed by atoms with Gasteiger partial charge in [0.05, 0.1) is 0 Å². The van der Waals surface area contributed by atoms with Crippen molar-refractivity contribution in [1.82, 2.24) is 0 Å². The second kappa shape index (κ2) is 16.6. The topological polar surface area (TPSA) is 0 Å². The summed E-state index contributed by atoms with van der Waals surface area (Å²) in [5, 5.41) is 0. The normalized spacial score (nSPS) is 7.80. The largest absolute Gasteiger partial charge is 0.187 e. The molecule has 0 saturated carbocycles. The highest BCUT2D eigenvalue weighted by molar-refractivity contribution is 5.76. The second-order valence-electron chi connectivity index (χ2n) is 2.41. The average molecular weight is 174 g/mol. The monoisotopic (exact) mass is 174 g/mol. The molecule has 0 aliphatic carbocycles. The first-order valence-electron chi connectivity index (χ1n) is 3.91. The Morgan fingerprint density at radius 1 is 0.600 bits per heavy atom. The fourth-order valence-corrected chi connectivity index (χ4v) is 0.854. The third-order valence-corrected chi connectivity index (χ3v) is 1.46. The summed E-state index contributed by atoms with van der Waals surface area (Å²) in [7, 11) is 0. The summed E-state index contributed by atoms with van der Waals surface area (Å²) in [5.41, 5.74) is 0. The predicted octanol–water partition coefficient (Wildman–Crippen LogP) is 0.999. The van der Waals surface area contributed by atoms with Gasteiger partial charge in [-0.1, -0.05) is 52.4 Å². The summed E-state index contributed by atoms with van der Waals surface area (Å²) >= 11 is 0. The van der Waals surface area contributed by atoms with Crippen LogP contribution in [0.25, 0.3) is 0 Å². The molecule has 0 aliphatic heterocycles. The minimum absolute atomic E-state index is 0. The third kappa shape index (κ3) is 16.0. The molecule has 0 bridgehead atoms. The van der Waals surface area contributed by atoms with Crippen molar-refractivity contribution < 1.29 is 0 Å². The minimum atomic E-state index is 0.